The van der Waals surface area contributed by atoms with E-state index in [0.29, 0.717) is 19.4 Å². The van der Waals surface area contributed by atoms with Crippen LogP contribution >= 0.6 is 11.3 Å². The summed E-state index contributed by atoms with van der Waals surface area (Å²) < 4.78 is 28.3. The molecule has 1 aromatic heterocycles. The van der Waals surface area contributed by atoms with E-state index in [2.05, 4.69) is 5.32 Å². The van der Waals surface area contributed by atoms with Crippen LogP contribution in [0, 0.1) is 0 Å². The molecule has 1 aliphatic heterocycles. The smallest absolute Gasteiger partial charge is 0.317 e. The molecule has 22 heavy (non-hydrogen) atoms. The first-order chi connectivity index (χ1) is 10.4. The summed E-state index contributed by atoms with van der Waals surface area (Å²) in [4.78, 5) is 14.9. The van der Waals surface area contributed by atoms with Gasteiger partial charge in [0.05, 0.1) is 18.1 Å². The molecule has 1 aliphatic rings. The van der Waals surface area contributed by atoms with E-state index < -0.39 is 9.84 Å². The van der Waals surface area contributed by atoms with Crippen molar-refractivity contribution < 1.29 is 17.9 Å². The Kier molecular flexibility index (Phi) is 5.82. The number of urea groups is 1. The molecule has 0 bridgehead atoms. The fourth-order valence-corrected chi connectivity index (χ4v) is 4.78. The Balaban J connectivity index is 1.84. The molecule has 2 heterocycles. The number of ether oxygens (including phenoxy) is 1. The zero-order valence-corrected chi connectivity index (χ0v) is 14.5. The molecule has 8 heteroatoms. The Hall–Kier alpha value is -1.12. The van der Waals surface area contributed by atoms with Crippen molar-refractivity contribution in [3.8, 4) is 0 Å². The standard InChI is InChI=1S/C14H22N2O4S2/c1-16(11-5-8-22(18,19)9-6-11)14(17)15-10-12(20-2)13-4-3-7-21-13/h3-4,7,11-12H,5-6,8-10H2,1-2H3,(H,15,17)/t12-/m0/s1. The Labute approximate surface area is 135 Å². The third kappa shape index (κ3) is 4.44. The van der Waals surface area contributed by atoms with Gasteiger partial charge in [-0.05, 0) is 24.3 Å². The first-order valence-electron chi connectivity index (χ1n) is 7.20. The summed E-state index contributed by atoms with van der Waals surface area (Å²) in [7, 11) is 0.419. The maximum absolute atomic E-state index is 12.2. The molecular formula is C14H22N2O4S2. The number of sulfone groups is 1. The highest BCUT2D eigenvalue weighted by Gasteiger charge is 2.28. The molecule has 2 amide bonds. The van der Waals surface area contributed by atoms with E-state index >= 15 is 0 Å². The molecule has 1 saturated heterocycles. The van der Waals surface area contributed by atoms with Crippen LogP contribution in [-0.4, -0.2) is 57.6 Å². The fourth-order valence-electron chi connectivity index (χ4n) is 2.51. The highest BCUT2D eigenvalue weighted by atomic mass is 32.2. The van der Waals surface area contributed by atoms with Crippen LogP contribution in [0.4, 0.5) is 4.79 Å². The third-order valence-electron chi connectivity index (χ3n) is 3.98. The lowest BCUT2D eigenvalue weighted by Crippen LogP contribution is -2.47. The molecule has 2 rings (SSSR count). The Morgan fingerprint density at radius 2 is 2.18 bits per heavy atom. The molecule has 0 aliphatic carbocycles. The minimum atomic E-state index is -2.91. The lowest BCUT2D eigenvalue weighted by atomic mass is 10.1. The third-order valence-corrected chi connectivity index (χ3v) is 6.66. The molecule has 0 radical (unpaired) electrons. The number of nitrogens with one attached hydrogen (secondary N) is 1. The largest absolute Gasteiger partial charge is 0.374 e. The molecule has 1 aromatic rings. The average Bonchev–Trinajstić information content (AvgIpc) is 3.01. The summed E-state index contributed by atoms with van der Waals surface area (Å²) in [5, 5.41) is 4.83. The number of nitrogens with zero attached hydrogens (tertiary/aromatic N) is 1. The van der Waals surface area contributed by atoms with Crippen molar-refractivity contribution in [1.29, 1.82) is 0 Å². The van der Waals surface area contributed by atoms with Gasteiger partial charge in [-0.2, -0.15) is 0 Å². The molecule has 6 nitrogen and oxygen atoms in total. The summed E-state index contributed by atoms with van der Waals surface area (Å²) in [6.07, 6.45) is 0.847. The molecule has 0 aromatic carbocycles. The molecule has 1 atom stereocenters. The second kappa shape index (κ2) is 7.43. The summed E-state index contributed by atoms with van der Waals surface area (Å²) in [5.74, 6) is 0.316. The van der Waals surface area contributed by atoms with Crippen LogP contribution in [0.2, 0.25) is 0 Å². The number of rotatable bonds is 5. The molecule has 1 N–H and O–H groups in total. The van der Waals surface area contributed by atoms with Crippen molar-refractivity contribution in [2.45, 2.75) is 25.0 Å². The van der Waals surface area contributed by atoms with Gasteiger partial charge in [-0.15, -0.1) is 11.3 Å². The molecule has 124 valence electrons. The van der Waals surface area contributed by atoms with Crippen molar-refractivity contribution in [3.63, 3.8) is 0 Å². The fraction of sp³-hybridized carbons (Fsp3) is 0.643. The van der Waals surface area contributed by atoms with Crippen LogP contribution in [0.5, 0.6) is 0 Å². The summed E-state index contributed by atoms with van der Waals surface area (Å²) >= 11 is 1.59. The number of carbonyl (C=O) groups excluding carboxylic acids is 1. The molecule has 0 spiro atoms. The Bertz CT molecular complexity index is 572. The van der Waals surface area contributed by atoms with Crippen LogP contribution < -0.4 is 5.32 Å². The second-order valence-corrected chi connectivity index (χ2v) is 8.70. The predicted molar refractivity (Wildman–Crippen MR) is 86.9 cm³/mol. The predicted octanol–water partition coefficient (Wildman–Crippen LogP) is 1.65. The maximum Gasteiger partial charge on any atom is 0.317 e. The number of methoxy groups -OCH3 is 1. The van der Waals surface area contributed by atoms with Crippen molar-refractivity contribution in [1.82, 2.24) is 10.2 Å². The SMILES string of the molecule is CO[C@@H](CNC(=O)N(C)C1CCS(=O)(=O)CC1)c1cccs1. The van der Waals surface area contributed by atoms with Gasteiger partial charge in [0, 0.05) is 25.1 Å². The molecule has 1 fully saturated rings. The summed E-state index contributed by atoms with van der Waals surface area (Å²) in [6.45, 7) is 0.394. The Morgan fingerprint density at radius 3 is 2.73 bits per heavy atom. The van der Waals surface area contributed by atoms with Crippen molar-refractivity contribution >= 4 is 27.2 Å². The zero-order valence-electron chi connectivity index (χ0n) is 12.8. The van der Waals surface area contributed by atoms with Crippen LogP contribution in [0.1, 0.15) is 23.8 Å². The van der Waals surface area contributed by atoms with E-state index in [0.717, 1.165) is 4.88 Å². The van der Waals surface area contributed by atoms with E-state index in [1.54, 1.807) is 30.4 Å². The van der Waals surface area contributed by atoms with Crippen molar-refractivity contribution in [3.05, 3.63) is 22.4 Å². The van der Waals surface area contributed by atoms with E-state index in [-0.39, 0.29) is 29.7 Å². The minimum absolute atomic E-state index is 0.0220. The molecule has 0 saturated carbocycles. The lowest BCUT2D eigenvalue weighted by Gasteiger charge is -2.31. The minimum Gasteiger partial charge on any atom is -0.374 e. The summed E-state index contributed by atoms with van der Waals surface area (Å²) in [5.41, 5.74) is 0. The highest BCUT2D eigenvalue weighted by molar-refractivity contribution is 7.91. The van der Waals surface area contributed by atoms with E-state index in [4.69, 9.17) is 4.74 Å². The quantitative estimate of drug-likeness (QED) is 0.880. The number of thiophene rings is 1. The van der Waals surface area contributed by atoms with Crippen LogP contribution in [0.15, 0.2) is 17.5 Å². The first-order valence-corrected chi connectivity index (χ1v) is 9.90. The van der Waals surface area contributed by atoms with E-state index in [1.165, 1.54) is 0 Å². The average molecular weight is 346 g/mol. The number of hydrogen-bond donors (Lipinski definition) is 1. The highest BCUT2D eigenvalue weighted by Crippen LogP contribution is 2.21. The van der Waals surface area contributed by atoms with E-state index in [9.17, 15) is 13.2 Å². The Morgan fingerprint density at radius 1 is 1.50 bits per heavy atom. The van der Waals surface area contributed by atoms with Crippen LogP contribution in [-0.2, 0) is 14.6 Å². The van der Waals surface area contributed by atoms with Crippen molar-refractivity contribution in [2.75, 3.05) is 32.2 Å². The van der Waals surface area contributed by atoms with Gasteiger partial charge in [-0.3, -0.25) is 0 Å². The number of carbonyl (C=O) groups is 1. The van der Waals surface area contributed by atoms with Gasteiger partial charge in [0.1, 0.15) is 15.9 Å². The number of hydrogen-bond acceptors (Lipinski definition) is 5. The number of amides is 2. The maximum atomic E-state index is 12.2. The van der Waals surface area contributed by atoms with Gasteiger partial charge in [0.15, 0.2) is 0 Å². The first kappa shape index (κ1) is 17.2. The van der Waals surface area contributed by atoms with Crippen molar-refractivity contribution in [2.24, 2.45) is 0 Å². The van der Waals surface area contributed by atoms with Gasteiger partial charge in [-0.25, -0.2) is 13.2 Å². The second-order valence-electron chi connectivity index (χ2n) is 5.42. The van der Waals surface area contributed by atoms with E-state index in [1.807, 2.05) is 17.5 Å². The summed E-state index contributed by atoms with van der Waals surface area (Å²) in [6, 6.07) is 3.71. The zero-order chi connectivity index (χ0) is 16.2. The van der Waals surface area contributed by atoms with Gasteiger partial charge in [-0.1, -0.05) is 6.07 Å². The van der Waals surface area contributed by atoms with Crippen LogP contribution in [0.3, 0.4) is 0 Å². The monoisotopic (exact) mass is 346 g/mol. The van der Waals surface area contributed by atoms with Gasteiger partial charge in [0.25, 0.3) is 0 Å². The lowest BCUT2D eigenvalue weighted by molar-refractivity contribution is 0.103. The molecule has 0 unspecified atom stereocenters. The van der Waals surface area contributed by atoms with Gasteiger partial charge in [0.2, 0.25) is 0 Å². The van der Waals surface area contributed by atoms with Gasteiger partial charge < -0.3 is 15.0 Å². The normalized spacial score (nSPS) is 19.5. The molecular weight excluding hydrogens is 324 g/mol. The van der Waals surface area contributed by atoms with Gasteiger partial charge >= 0.3 is 6.03 Å². The van der Waals surface area contributed by atoms with Crippen LogP contribution in [0.25, 0.3) is 0 Å². The topological polar surface area (TPSA) is 75.7 Å².